The number of amides is 1. The fraction of sp³-hybridized carbons (Fsp3) is 0.917. The average Bonchev–Trinajstić information content (AvgIpc) is 2.81. The fourth-order valence-electron chi connectivity index (χ4n) is 2.61. The molecule has 3 nitrogen and oxygen atoms in total. The lowest BCUT2D eigenvalue weighted by atomic mass is 9.87. The van der Waals surface area contributed by atoms with Gasteiger partial charge in [0.1, 0.15) is 0 Å². The van der Waals surface area contributed by atoms with Gasteiger partial charge in [0, 0.05) is 17.9 Å². The van der Waals surface area contributed by atoms with Gasteiger partial charge in [-0.1, -0.05) is 19.8 Å². The maximum atomic E-state index is 11.6. The Kier molecular flexibility index (Phi) is 3.01. The molecule has 0 aromatic carbocycles. The third kappa shape index (κ3) is 2.33. The summed E-state index contributed by atoms with van der Waals surface area (Å²) in [7, 11) is 0. The first-order valence-electron chi connectivity index (χ1n) is 6.05. The van der Waals surface area contributed by atoms with Gasteiger partial charge >= 0.3 is 0 Å². The van der Waals surface area contributed by atoms with E-state index in [0.29, 0.717) is 12.5 Å². The van der Waals surface area contributed by atoms with Crippen LogP contribution in [0, 0.1) is 17.3 Å². The SMILES string of the molecule is CC1CC1C(=O)NCC1(CO)CCCC1. The number of carbonyl (C=O) groups is 1. The molecule has 0 radical (unpaired) electrons. The van der Waals surface area contributed by atoms with Crippen LogP contribution in [0.15, 0.2) is 0 Å². The summed E-state index contributed by atoms with van der Waals surface area (Å²) < 4.78 is 0. The van der Waals surface area contributed by atoms with Crippen molar-refractivity contribution < 1.29 is 9.90 Å². The van der Waals surface area contributed by atoms with Gasteiger partial charge in [-0.2, -0.15) is 0 Å². The van der Waals surface area contributed by atoms with Gasteiger partial charge in [0.05, 0.1) is 6.61 Å². The van der Waals surface area contributed by atoms with Gasteiger partial charge in [-0.05, 0) is 25.2 Å². The van der Waals surface area contributed by atoms with Crippen LogP contribution in [0.25, 0.3) is 0 Å². The molecule has 2 aliphatic carbocycles. The molecule has 2 fully saturated rings. The molecular formula is C12H21NO2. The minimum Gasteiger partial charge on any atom is -0.396 e. The number of nitrogens with one attached hydrogen (secondary N) is 1. The summed E-state index contributed by atoms with van der Waals surface area (Å²) in [5.74, 6) is 1.02. The normalized spacial score (nSPS) is 32.7. The van der Waals surface area contributed by atoms with Crippen LogP contribution < -0.4 is 5.32 Å². The van der Waals surface area contributed by atoms with E-state index < -0.39 is 0 Å². The largest absolute Gasteiger partial charge is 0.396 e. The quantitative estimate of drug-likeness (QED) is 0.736. The molecule has 0 heterocycles. The van der Waals surface area contributed by atoms with Crippen molar-refractivity contribution in [1.82, 2.24) is 5.32 Å². The van der Waals surface area contributed by atoms with Gasteiger partial charge in [0.2, 0.25) is 5.91 Å². The highest BCUT2D eigenvalue weighted by Crippen LogP contribution is 2.39. The molecule has 15 heavy (non-hydrogen) atoms. The Labute approximate surface area is 91.2 Å². The molecule has 2 rings (SSSR count). The molecule has 0 saturated heterocycles. The van der Waals surface area contributed by atoms with Crippen LogP contribution in [0.1, 0.15) is 39.0 Å². The summed E-state index contributed by atoms with van der Waals surface area (Å²) in [6, 6.07) is 0. The number of aliphatic hydroxyl groups excluding tert-OH is 1. The molecule has 2 aliphatic rings. The standard InChI is InChI=1S/C12H21NO2/c1-9-6-10(9)11(15)13-7-12(8-14)4-2-3-5-12/h9-10,14H,2-8H2,1H3,(H,13,15). The van der Waals surface area contributed by atoms with Gasteiger partial charge in [-0.3, -0.25) is 4.79 Å². The molecule has 2 N–H and O–H groups in total. The van der Waals surface area contributed by atoms with Gasteiger partial charge in [0.15, 0.2) is 0 Å². The lowest BCUT2D eigenvalue weighted by molar-refractivity contribution is -0.123. The first-order valence-corrected chi connectivity index (χ1v) is 6.05. The van der Waals surface area contributed by atoms with Crippen LogP contribution in [-0.4, -0.2) is 24.2 Å². The second-order valence-corrected chi connectivity index (χ2v) is 5.40. The first kappa shape index (κ1) is 10.9. The van der Waals surface area contributed by atoms with E-state index >= 15 is 0 Å². The van der Waals surface area contributed by atoms with Crippen molar-refractivity contribution in [3.63, 3.8) is 0 Å². The number of hydrogen-bond acceptors (Lipinski definition) is 2. The molecule has 0 spiro atoms. The van der Waals surface area contributed by atoms with Crippen molar-refractivity contribution >= 4 is 5.91 Å². The summed E-state index contributed by atoms with van der Waals surface area (Å²) in [4.78, 5) is 11.6. The van der Waals surface area contributed by atoms with Crippen LogP contribution in [0.4, 0.5) is 0 Å². The Hall–Kier alpha value is -0.570. The van der Waals surface area contributed by atoms with Gasteiger partial charge in [0.25, 0.3) is 0 Å². The Morgan fingerprint density at radius 3 is 2.53 bits per heavy atom. The highest BCUT2D eigenvalue weighted by atomic mass is 16.3. The predicted octanol–water partition coefficient (Wildman–Crippen LogP) is 1.31. The molecule has 2 atom stereocenters. The third-order valence-electron chi connectivity index (χ3n) is 4.08. The maximum Gasteiger partial charge on any atom is 0.223 e. The Balaban J connectivity index is 1.78. The van der Waals surface area contributed by atoms with Crippen molar-refractivity contribution in [2.45, 2.75) is 39.0 Å². The number of carbonyl (C=O) groups excluding carboxylic acids is 1. The topological polar surface area (TPSA) is 49.3 Å². The minimum atomic E-state index is -0.00616. The van der Waals surface area contributed by atoms with Crippen molar-refractivity contribution in [1.29, 1.82) is 0 Å². The molecule has 2 unspecified atom stereocenters. The van der Waals surface area contributed by atoms with Crippen molar-refractivity contribution in [3.8, 4) is 0 Å². The summed E-state index contributed by atoms with van der Waals surface area (Å²) in [5, 5.41) is 12.4. The predicted molar refractivity (Wildman–Crippen MR) is 58.3 cm³/mol. The van der Waals surface area contributed by atoms with Crippen molar-refractivity contribution in [2.75, 3.05) is 13.2 Å². The maximum absolute atomic E-state index is 11.6. The van der Waals surface area contributed by atoms with E-state index in [9.17, 15) is 9.90 Å². The number of hydrogen-bond donors (Lipinski definition) is 2. The smallest absolute Gasteiger partial charge is 0.223 e. The molecule has 3 heteroatoms. The average molecular weight is 211 g/mol. The zero-order chi connectivity index (χ0) is 10.9. The minimum absolute atomic E-state index is 0.00616. The molecule has 0 aromatic rings. The van der Waals surface area contributed by atoms with E-state index in [1.807, 2.05) is 0 Å². The fourth-order valence-corrected chi connectivity index (χ4v) is 2.61. The summed E-state index contributed by atoms with van der Waals surface area (Å²) >= 11 is 0. The summed E-state index contributed by atoms with van der Waals surface area (Å²) in [5.41, 5.74) is -0.00616. The number of aliphatic hydroxyl groups is 1. The van der Waals surface area contributed by atoms with Crippen LogP contribution in [0.3, 0.4) is 0 Å². The van der Waals surface area contributed by atoms with E-state index in [1.165, 1.54) is 12.8 Å². The van der Waals surface area contributed by atoms with Gasteiger partial charge in [-0.25, -0.2) is 0 Å². The van der Waals surface area contributed by atoms with E-state index in [-0.39, 0.29) is 23.8 Å². The lowest BCUT2D eigenvalue weighted by Gasteiger charge is -2.26. The molecule has 0 bridgehead atoms. The van der Waals surface area contributed by atoms with Gasteiger partial charge < -0.3 is 10.4 Å². The lowest BCUT2D eigenvalue weighted by Crippen LogP contribution is -2.39. The Morgan fingerprint density at radius 2 is 2.07 bits per heavy atom. The Bertz CT molecular complexity index is 246. The number of rotatable bonds is 4. The molecule has 86 valence electrons. The Morgan fingerprint density at radius 1 is 1.47 bits per heavy atom. The molecule has 0 aliphatic heterocycles. The van der Waals surface area contributed by atoms with Crippen LogP contribution in [0.2, 0.25) is 0 Å². The first-order chi connectivity index (χ1) is 7.17. The second-order valence-electron chi connectivity index (χ2n) is 5.40. The van der Waals surface area contributed by atoms with E-state index in [1.54, 1.807) is 0 Å². The van der Waals surface area contributed by atoms with E-state index in [2.05, 4.69) is 12.2 Å². The zero-order valence-electron chi connectivity index (χ0n) is 9.46. The highest BCUT2D eigenvalue weighted by Gasteiger charge is 2.40. The zero-order valence-corrected chi connectivity index (χ0v) is 9.46. The van der Waals surface area contributed by atoms with Crippen molar-refractivity contribution in [2.24, 2.45) is 17.3 Å². The summed E-state index contributed by atoms with van der Waals surface area (Å²) in [6.45, 7) is 3.00. The molecular weight excluding hydrogens is 190 g/mol. The second kappa shape index (κ2) is 4.12. The van der Waals surface area contributed by atoms with Gasteiger partial charge in [-0.15, -0.1) is 0 Å². The summed E-state index contributed by atoms with van der Waals surface area (Å²) in [6.07, 6.45) is 5.54. The highest BCUT2D eigenvalue weighted by molar-refractivity contribution is 5.81. The van der Waals surface area contributed by atoms with Crippen molar-refractivity contribution in [3.05, 3.63) is 0 Å². The third-order valence-corrected chi connectivity index (χ3v) is 4.08. The van der Waals surface area contributed by atoms with Crippen LogP contribution >= 0.6 is 0 Å². The van der Waals surface area contributed by atoms with Crippen LogP contribution in [0.5, 0.6) is 0 Å². The molecule has 1 amide bonds. The molecule has 0 aromatic heterocycles. The molecule has 2 saturated carbocycles. The van der Waals surface area contributed by atoms with E-state index in [4.69, 9.17) is 0 Å². The van der Waals surface area contributed by atoms with Crippen LogP contribution in [-0.2, 0) is 4.79 Å². The monoisotopic (exact) mass is 211 g/mol. The van der Waals surface area contributed by atoms with E-state index in [0.717, 1.165) is 19.3 Å².